The van der Waals surface area contributed by atoms with Gasteiger partial charge in [0.1, 0.15) is 11.9 Å². The van der Waals surface area contributed by atoms with Gasteiger partial charge < -0.3 is 24.0 Å². The number of aliphatic hydroxyl groups excluding tert-OH is 1. The molecule has 3 rings (SSSR count). The van der Waals surface area contributed by atoms with Gasteiger partial charge in [0.15, 0.2) is 6.29 Å². The predicted molar refractivity (Wildman–Crippen MR) is 143 cm³/mol. The van der Waals surface area contributed by atoms with Crippen LogP contribution in [0.4, 0.5) is 5.69 Å². The van der Waals surface area contributed by atoms with Gasteiger partial charge in [0.05, 0.1) is 6.26 Å². The number of carbonyl (C=O) groups is 1. The van der Waals surface area contributed by atoms with Crippen LogP contribution in [0.1, 0.15) is 28.4 Å². The lowest BCUT2D eigenvalue weighted by atomic mass is 10.1. The van der Waals surface area contributed by atoms with Crippen LogP contribution in [-0.2, 0) is 21.3 Å². The molecule has 0 saturated carbocycles. The predicted octanol–water partition coefficient (Wildman–Crippen LogP) is 3.64. The summed E-state index contributed by atoms with van der Waals surface area (Å²) in [7, 11) is -3.60. The zero-order valence-corrected chi connectivity index (χ0v) is 21.5. The van der Waals surface area contributed by atoms with E-state index in [2.05, 4.69) is 0 Å². The molecule has 0 radical (unpaired) electrons. The Labute approximate surface area is 217 Å². The molecule has 0 spiro atoms. The summed E-state index contributed by atoms with van der Waals surface area (Å²) in [4.78, 5) is 15.0. The zero-order chi connectivity index (χ0) is 26.8. The lowest BCUT2D eigenvalue weighted by molar-refractivity contribution is -0.142. The normalized spacial score (nSPS) is 12.6. The number of ether oxygens (including phenoxy) is 1. The van der Waals surface area contributed by atoms with E-state index >= 15 is 0 Å². The molecule has 8 nitrogen and oxygen atoms in total. The molecule has 0 aliphatic heterocycles. The Morgan fingerprint density at radius 1 is 0.973 bits per heavy atom. The van der Waals surface area contributed by atoms with Gasteiger partial charge in [-0.25, -0.2) is 0 Å². The third-order valence-corrected chi connectivity index (χ3v) is 5.89. The summed E-state index contributed by atoms with van der Waals surface area (Å²) in [5, 5.41) is 19.1. The van der Waals surface area contributed by atoms with Crippen molar-refractivity contribution < 1.29 is 32.3 Å². The minimum absolute atomic E-state index is 0.173. The molecule has 0 aliphatic carbocycles. The fraction of sp³-hybridized carbons (Fsp3) is 0.250. The first-order valence-electron chi connectivity index (χ1n) is 11.8. The number of carbonyl (C=O) groups excluding carboxylic acids is 1. The fourth-order valence-electron chi connectivity index (χ4n) is 3.65. The first-order valence-corrected chi connectivity index (χ1v) is 13.6. The van der Waals surface area contributed by atoms with Crippen molar-refractivity contribution in [2.24, 2.45) is 0 Å². The van der Waals surface area contributed by atoms with Crippen LogP contribution in [0.15, 0.2) is 84.9 Å². The van der Waals surface area contributed by atoms with Gasteiger partial charge in [-0.3, -0.25) is 4.79 Å². The highest BCUT2D eigenvalue weighted by Gasteiger charge is 2.19. The average Bonchev–Trinajstić information content (AvgIpc) is 2.87. The van der Waals surface area contributed by atoms with Crippen molar-refractivity contribution >= 4 is 27.8 Å². The van der Waals surface area contributed by atoms with Crippen LogP contribution in [0.25, 0.3) is 6.08 Å². The van der Waals surface area contributed by atoms with Gasteiger partial charge in [-0.15, -0.1) is 0 Å². The standard InChI is InChI=1S/C28H31NO7S/c1-3-35-26(28(31)32)20-22-11-15-24(16-12-22)29(27(30)23-9-5-4-6-10-23)19-7-8-21-13-17-25(18-14-21)36-37(2,33)34/h4-18,26,28,31-32H,3,19-20H2,1-2H3/b8-7+/t26-/m0/s1. The Kier molecular flexibility index (Phi) is 9.99. The van der Waals surface area contributed by atoms with E-state index in [-0.39, 0.29) is 18.2 Å². The van der Waals surface area contributed by atoms with Crippen molar-refractivity contribution in [3.05, 3.63) is 102 Å². The number of nitrogens with zero attached hydrogens (tertiary/aromatic N) is 1. The Hall–Kier alpha value is -3.50. The molecule has 2 N–H and O–H groups in total. The van der Waals surface area contributed by atoms with E-state index in [0.717, 1.165) is 17.4 Å². The largest absolute Gasteiger partial charge is 0.383 e. The lowest BCUT2D eigenvalue weighted by Gasteiger charge is -2.23. The topological polar surface area (TPSA) is 113 Å². The molecular formula is C28H31NO7S. The molecule has 3 aromatic rings. The second-order valence-corrected chi connectivity index (χ2v) is 9.89. The molecule has 196 valence electrons. The molecule has 1 amide bonds. The maximum atomic E-state index is 13.3. The lowest BCUT2D eigenvalue weighted by Crippen LogP contribution is -2.31. The number of rotatable bonds is 12. The number of hydrogen-bond donors (Lipinski definition) is 2. The Morgan fingerprint density at radius 3 is 2.19 bits per heavy atom. The van der Waals surface area contributed by atoms with Crippen LogP contribution in [0, 0.1) is 0 Å². The van der Waals surface area contributed by atoms with E-state index in [1.54, 1.807) is 60.4 Å². The van der Waals surface area contributed by atoms with Crippen molar-refractivity contribution in [3.8, 4) is 5.75 Å². The van der Waals surface area contributed by atoms with Crippen LogP contribution in [0.2, 0.25) is 0 Å². The third kappa shape index (κ3) is 8.83. The van der Waals surface area contributed by atoms with Crippen molar-refractivity contribution in [2.45, 2.75) is 25.7 Å². The summed E-state index contributed by atoms with van der Waals surface area (Å²) in [6.07, 6.45) is 2.65. The molecular weight excluding hydrogens is 494 g/mol. The van der Waals surface area contributed by atoms with Gasteiger partial charge in [0.2, 0.25) is 0 Å². The maximum absolute atomic E-state index is 13.3. The van der Waals surface area contributed by atoms with E-state index in [1.807, 2.05) is 42.5 Å². The Balaban J connectivity index is 1.78. The SMILES string of the molecule is CCO[C@@H](Cc1ccc(N(C/C=C/c2ccc(OS(C)(=O)=O)cc2)C(=O)c2ccccc2)cc1)C(O)O. The van der Waals surface area contributed by atoms with Crippen molar-refractivity contribution in [3.63, 3.8) is 0 Å². The minimum atomic E-state index is -3.60. The number of anilines is 1. The quantitative estimate of drug-likeness (QED) is 0.274. The third-order valence-electron chi connectivity index (χ3n) is 5.39. The van der Waals surface area contributed by atoms with Crippen LogP contribution >= 0.6 is 0 Å². The zero-order valence-electron chi connectivity index (χ0n) is 20.7. The van der Waals surface area contributed by atoms with Gasteiger partial charge >= 0.3 is 10.1 Å². The first kappa shape index (κ1) is 28.1. The molecule has 0 bridgehead atoms. The summed E-state index contributed by atoms with van der Waals surface area (Å²) in [6, 6.07) is 22.8. The van der Waals surface area contributed by atoms with E-state index in [1.165, 1.54) is 0 Å². The summed E-state index contributed by atoms with van der Waals surface area (Å²) >= 11 is 0. The molecule has 0 heterocycles. The van der Waals surface area contributed by atoms with Gasteiger partial charge in [-0.05, 0) is 54.4 Å². The van der Waals surface area contributed by atoms with Crippen LogP contribution in [-0.4, -0.2) is 56.3 Å². The number of benzene rings is 3. The smallest absolute Gasteiger partial charge is 0.306 e. The van der Waals surface area contributed by atoms with Crippen LogP contribution < -0.4 is 9.08 Å². The van der Waals surface area contributed by atoms with Gasteiger partial charge in [0.25, 0.3) is 5.91 Å². The van der Waals surface area contributed by atoms with Crippen LogP contribution in [0.3, 0.4) is 0 Å². The molecule has 0 fully saturated rings. The van der Waals surface area contributed by atoms with E-state index in [0.29, 0.717) is 24.3 Å². The van der Waals surface area contributed by atoms with Crippen molar-refractivity contribution in [1.29, 1.82) is 0 Å². The number of amides is 1. The molecule has 9 heteroatoms. The van der Waals surface area contributed by atoms with Crippen LogP contribution in [0.5, 0.6) is 5.75 Å². The first-order chi connectivity index (χ1) is 17.7. The summed E-state index contributed by atoms with van der Waals surface area (Å²) in [5.74, 6) is 0.0498. The Morgan fingerprint density at radius 2 is 1.62 bits per heavy atom. The summed E-state index contributed by atoms with van der Waals surface area (Å²) < 4.78 is 32.8. The minimum Gasteiger partial charge on any atom is -0.383 e. The monoisotopic (exact) mass is 525 g/mol. The summed E-state index contributed by atoms with van der Waals surface area (Å²) in [6.45, 7) is 2.43. The number of aliphatic hydroxyl groups is 2. The molecule has 0 saturated heterocycles. The summed E-state index contributed by atoms with van der Waals surface area (Å²) in [5.41, 5.74) is 2.88. The molecule has 37 heavy (non-hydrogen) atoms. The van der Waals surface area contributed by atoms with Gasteiger partial charge in [-0.1, -0.05) is 54.6 Å². The highest BCUT2D eigenvalue weighted by atomic mass is 32.2. The highest BCUT2D eigenvalue weighted by Crippen LogP contribution is 2.21. The van der Waals surface area contributed by atoms with E-state index in [9.17, 15) is 23.4 Å². The second kappa shape index (κ2) is 13.2. The fourth-order valence-corrected chi connectivity index (χ4v) is 4.12. The molecule has 0 aromatic heterocycles. The van der Waals surface area contributed by atoms with Gasteiger partial charge in [-0.2, -0.15) is 8.42 Å². The average molecular weight is 526 g/mol. The molecule has 3 aromatic carbocycles. The second-order valence-electron chi connectivity index (χ2n) is 8.32. The van der Waals surface area contributed by atoms with E-state index < -0.39 is 22.5 Å². The van der Waals surface area contributed by atoms with Gasteiger partial charge in [0, 0.05) is 30.8 Å². The van der Waals surface area contributed by atoms with E-state index in [4.69, 9.17) is 8.92 Å². The highest BCUT2D eigenvalue weighted by molar-refractivity contribution is 7.86. The maximum Gasteiger partial charge on any atom is 0.306 e. The molecule has 1 atom stereocenters. The van der Waals surface area contributed by atoms with Crippen molar-refractivity contribution in [2.75, 3.05) is 24.3 Å². The Bertz CT molecular complexity index is 1270. The molecule has 0 aliphatic rings. The molecule has 0 unspecified atom stereocenters. The van der Waals surface area contributed by atoms with Crippen molar-refractivity contribution in [1.82, 2.24) is 0 Å². The number of hydrogen-bond acceptors (Lipinski definition) is 7.